The van der Waals surface area contributed by atoms with Gasteiger partial charge in [0.05, 0.1) is 18.8 Å². The zero-order valence-electron chi connectivity index (χ0n) is 13.7. The standard InChI is InChI=1S/C18H16BrFN2O3/c1-18-9-14(13-6-10(19)7-15(24-2)16(13)25-18)21-17(23)22(18)12-5-3-4-11(20)8-12/h3-8,14H,9H2,1-2H3,(H,21,23)/t14-,18-/m0/s1. The van der Waals surface area contributed by atoms with Gasteiger partial charge >= 0.3 is 6.03 Å². The third-order valence-electron chi connectivity index (χ3n) is 4.59. The number of carbonyl (C=O) groups is 1. The largest absolute Gasteiger partial charge is 0.493 e. The molecule has 1 saturated heterocycles. The lowest BCUT2D eigenvalue weighted by Crippen LogP contribution is -2.65. The average Bonchev–Trinajstić information content (AvgIpc) is 2.54. The number of hydrogen-bond donors (Lipinski definition) is 1. The van der Waals surface area contributed by atoms with Gasteiger partial charge in [-0.3, -0.25) is 4.90 Å². The molecule has 2 aromatic carbocycles. The van der Waals surface area contributed by atoms with E-state index in [0.717, 1.165) is 10.0 Å². The first-order valence-electron chi connectivity index (χ1n) is 7.84. The van der Waals surface area contributed by atoms with E-state index in [0.29, 0.717) is 23.6 Å². The van der Waals surface area contributed by atoms with Gasteiger partial charge in [-0.15, -0.1) is 0 Å². The first-order valence-corrected chi connectivity index (χ1v) is 8.63. The van der Waals surface area contributed by atoms with Gasteiger partial charge in [0.15, 0.2) is 17.2 Å². The highest BCUT2D eigenvalue weighted by Crippen LogP contribution is 2.50. The summed E-state index contributed by atoms with van der Waals surface area (Å²) in [6, 6.07) is 9.12. The van der Waals surface area contributed by atoms with E-state index in [9.17, 15) is 9.18 Å². The van der Waals surface area contributed by atoms with Crippen LogP contribution in [0.2, 0.25) is 0 Å². The van der Waals surface area contributed by atoms with Crippen molar-refractivity contribution in [3.05, 3.63) is 52.3 Å². The van der Waals surface area contributed by atoms with Crippen LogP contribution in [0, 0.1) is 5.82 Å². The number of hydrogen-bond acceptors (Lipinski definition) is 3. The number of anilines is 1. The van der Waals surface area contributed by atoms with Crippen molar-refractivity contribution in [2.75, 3.05) is 12.0 Å². The molecule has 4 rings (SSSR count). The molecule has 2 bridgehead atoms. The predicted octanol–water partition coefficient (Wildman–Crippen LogP) is 4.37. The van der Waals surface area contributed by atoms with Crippen LogP contribution >= 0.6 is 15.9 Å². The first kappa shape index (κ1) is 16.2. The summed E-state index contributed by atoms with van der Waals surface area (Å²) in [6.45, 7) is 1.83. The molecule has 2 atom stereocenters. The number of rotatable bonds is 2. The van der Waals surface area contributed by atoms with Gasteiger partial charge < -0.3 is 14.8 Å². The van der Waals surface area contributed by atoms with Gasteiger partial charge in [-0.25, -0.2) is 9.18 Å². The van der Waals surface area contributed by atoms with Crippen molar-refractivity contribution in [1.29, 1.82) is 0 Å². The zero-order chi connectivity index (χ0) is 17.8. The van der Waals surface area contributed by atoms with Gasteiger partial charge in [-0.1, -0.05) is 22.0 Å². The lowest BCUT2D eigenvalue weighted by molar-refractivity contribution is 0.0349. The molecule has 130 valence electrons. The minimum absolute atomic E-state index is 0.211. The van der Waals surface area contributed by atoms with Crippen LogP contribution in [0.5, 0.6) is 11.5 Å². The van der Waals surface area contributed by atoms with Crippen molar-refractivity contribution in [2.24, 2.45) is 0 Å². The van der Waals surface area contributed by atoms with Gasteiger partial charge in [-0.2, -0.15) is 0 Å². The Hall–Kier alpha value is -2.28. The highest BCUT2D eigenvalue weighted by molar-refractivity contribution is 9.10. The second-order valence-corrected chi connectivity index (χ2v) is 7.24. The Balaban J connectivity index is 1.84. The van der Waals surface area contributed by atoms with Crippen LogP contribution in [-0.2, 0) is 0 Å². The van der Waals surface area contributed by atoms with Crippen LogP contribution in [0.3, 0.4) is 0 Å². The molecular weight excluding hydrogens is 391 g/mol. The van der Waals surface area contributed by atoms with Crippen molar-refractivity contribution in [3.8, 4) is 11.5 Å². The average molecular weight is 407 g/mol. The Morgan fingerprint density at radius 3 is 2.92 bits per heavy atom. The van der Waals surface area contributed by atoms with Gasteiger partial charge in [-0.05, 0) is 37.3 Å². The number of halogens is 2. The number of ether oxygens (including phenoxy) is 2. The molecule has 1 fully saturated rings. The van der Waals surface area contributed by atoms with Crippen LogP contribution in [0.4, 0.5) is 14.9 Å². The monoisotopic (exact) mass is 406 g/mol. The summed E-state index contributed by atoms with van der Waals surface area (Å²) >= 11 is 3.46. The molecule has 0 spiro atoms. The van der Waals surface area contributed by atoms with E-state index < -0.39 is 11.5 Å². The summed E-state index contributed by atoms with van der Waals surface area (Å²) in [5.74, 6) is 0.759. The quantitative estimate of drug-likeness (QED) is 0.805. The fraction of sp³-hybridized carbons (Fsp3) is 0.278. The van der Waals surface area contributed by atoms with Crippen molar-refractivity contribution < 1.29 is 18.7 Å². The van der Waals surface area contributed by atoms with Gasteiger partial charge in [0.25, 0.3) is 0 Å². The fourth-order valence-electron chi connectivity index (χ4n) is 3.56. The Bertz CT molecular complexity index is 875. The number of benzene rings is 2. The predicted molar refractivity (Wildman–Crippen MR) is 94.5 cm³/mol. The lowest BCUT2D eigenvalue weighted by atomic mass is 9.90. The summed E-state index contributed by atoms with van der Waals surface area (Å²) in [5, 5.41) is 2.98. The van der Waals surface area contributed by atoms with Crippen LogP contribution in [0.1, 0.15) is 24.9 Å². The number of nitrogens with one attached hydrogen (secondary N) is 1. The summed E-state index contributed by atoms with van der Waals surface area (Å²) in [7, 11) is 1.57. The molecule has 1 N–H and O–H groups in total. The SMILES string of the molecule is COc1cc(Br)cc2c1O[C@@]1(C)C[C@@H]2NC(=O)N1c1cccc(F)c1. The fourth-order valence-corrected chi connectivity index (χ4v) is 4.01. The molecule has 2 aliphatic heterocycles. The maximum atomic E-state index is 13.7. The second kappa shape index (κ2) is 5.62. The maximum Gasteiger partial charge on any atom is 0.325 e. The molecule has 0 aliphatic carbocycles. The highest BCUT2D eigenvalue weighted by atomic mass is 79.9. The number of nitrogens with zero attached hydrogens (tertiary/aromatic N) is 1. The number of methoxy groups -OCH3 is 1. The molecule has 2 amide bonds. The molecule has 2 aliphatic rings. The Labute approximate surface area is 152 Å². The van der Waals surface area contributed by atoms with Crippen molar-refractivity contribution in [2.45, 2.75) is 25.1 Å². The van der Waals surface area contributed by atoms with E-state index >= 15 is 0 Å². The summed E-state index contributed by atoms with van der Waals surface area (Å²) in [6.07, 6.45) is 0.530. The molecule has 0 unspecified atom stereocenters. The second-order valence-electron chi connectivity index (χ2n) is 6.32. The number of carbonyl (C=O) groups excluding carboxylic acids is 1. The van der Waals surface area contributed by atoms with E-state index in [2.05, 4.69) is 21.2 Å². The first-order chi connectivity index (χ1) is 11.9. The zero-order valence-corrected chi connectivity index (χ0v) is 15.3. The Morgan fingerprint density at radius 1 is 1.40 bits per heavy atom. The van der Waals surface area contributed by atoms with E-state index in [1.54, 1.807) is 19.2 Å². The Kier molecular flexibility index (Phi) is 3.64. The van der Waals surface area contributed by atoms with Crippen LogP contribution in [0.15, 0.2) is 40.9 Å². The number of urea groups is 1. The molecule has 2 heterocycles. The normalized spacial score (nSPS) is 24.2. The molecule has 5 nitrogen and oxygen atoms in total. The molecule has 0 aromatic heterocycles. The summed E-state index contributed by atoms with van der Waals surface area (Å²) < 4.78 is 26.2. The van der Waals surface area contributed by atoms with Gasteiger partial charge in [0.2, 0.25) is 0 Å². The van der Waals surface area contributed by atoms with E-state index in [-0.39, 0.29) is 12.1 Å². The number of amides is 2. The maximum absolute atomic E-state index is 13.7. The van der Waals surface area contributed by atoms with Gasteiger partial charge in [0.1, 0.15) is 5.82 Å². The van der Waals surface area contributed by atoms with Gasteiger partial charge in [0, 0.05) is 16.5 Å². The third kappa shape index (κ3) is 2.54. The molecular formula is C18H16BrFN2O3. The van der Waals surface area contributed by atoms with Crippen molar-refractivity contribution >= 4 is 27.6 Å². The summed E-state index contributed by atoms with van der Waals surface area (Å²) in [4.78, 5) is 14.2. The van der Waals surface area contributed by atoms with E-state index in [4.69, 9.17) is 9.47 Å². The molecule has 2 aromatic rings. The molecule has 25 heavy (non-hydrogen) atoms. The minimum atomic E-state index is -0.950. The highest BCUT2D eigenvalue weighted by Gasteiger charge is 2.50. The summed E-state index contributed by atoms with van der Waals surface area (Å²) in [5.41, 5.74) is 0.350. The Morgan fingerprint density at radius 2 is 2.20 bits per heavy atom. The smallest absolute Gasteiger partial charge is 0.325 e. The molecule has 7 heteroatoms. The molecule has 0 saturated carbocycles. The van der Waals surface area contributed by atoms with Crippen LogP contribution in [0.25, 0.3) is 0 Å². The topological polar surface area (TPSA) is 50.8 Å². The van der Waals surface area contributed by atoms with Crippen LogP contribution in [-0.4, -0.2) is 18.9 Å². The van der Waals surface area contributed by atoms with Crippen molar-refractivity contribution in [1.82, 2.24) is 5.32 Å². The minimum Gasteiger partial charge on any atom is -0.493 e. The third-order valence-corrected chi connectivity index (χ3v) is 5.05. The van der Waals surface area contributed by atoms with Crippen molar-refractivity contribution in [3.63, 3.8) is 0 Å². The van der Waals surface area contributed by atoms with E-state index in [1.807, 2.05) is 19.1 Å². The molecule has 0 radical (unpaired) electrons. The lowest BCUT2D eigenvalue weighted by Gasteiger charge is -2.50. The number of fused-ring (bicyclic) bond motifs is 4. The van der Waals surface area contributed by atoms with E-state index in [1.165, 1.54) is 17.0 Å². The van der Waals surface area contributed by atoms with Crippen LogP contribution < -0.4 is 19.7 Å².